The van der Waals surface area contributed by atoms with Gasteiger partial charge in [0.05, 0.1) is 11.2 Å². The van der Waals surface area contributed by atoms with E-state index in [9.17, 15) is 18.5 Å². The van der Waals surface area contributed by atoms with Crippen molar-refractivity contribution in [1.82, 2.24) is 4.31 Å². The van der Waals surface area contributed by atoms with E-state index in [0.29, 0.717) is 13.1 Å². The second-order valence-corrected chi connectivity index (χ2v) is 6.93. The molecule has 1 aliphatic rings. The Kier molecular flexibility index (Phi) is 3.96. The minimum absolute atomic E-state index is 0.0475. The number of benzene rings is 1. The van der Waals surface area contributed by atoms with Gasteiger partial charge < -0.3 is 4.90 Å². The molecule has 0 radical (unpaired) electrons. The lowest BCUT2D eigenvalue weighted by Crippen LogP contribution is -2.36. The summed E-state index contributed by atoms with van der Waals surface area (Å²) in [5.41, 5.74) is 0.891. The predicted octanol–water partition coefficient (Wildman–Crippen LogP) is 1.06. The summed E-state index contributed by atoms with van der Waals surface area (Å²) in [4.78, 5) is 12.1. The summed E-state index contributed by atoms with van der Waals surface area (Å²) in [5, 5.41) is 10.6. The Morgan fingerprint density at radius 1 is 1.35 bits per heavy atom. The largest absolute Gasteiger partial charge is 0.370 e. The van der Waals surface area contributed by atoms with E-state index in [4.69, 9.17) is 0 Å². The molecule has 20 heavy (non-hydrogen) atoms. The Hall–Kier alpha value is -1.67. The lowest BCUT2D eigenvalue weighted by atomic mass is 10.2. The first-order valence-electron chi connectivity index (χ1n) is 6.21. The second kappa shape index (κ2) is 5.37. The molecular weight excluding hydrogens is 282 g/mol. The molecule has 1 aromatic carbocycles. The number of nitro groups is 1. The summed E-state index contributed by atoms with van der Waals surface area (Å²) < 4.78 is 24.4. The first kappa shape index (κ1) is 14.7. The molecule has 7 nitrogen and oxygen atoms in total. The maximum absolute atomic E-state index is 11.5. The highest BCUT2D eigenvalue weighted by Gasteiger charge is 2.31. The fraction of sp³-hybridized carbons (Fsp3) is 0.500. The van der Waals surface area contributed by atoms with Gasteiger partial charge in [-0.1, -0.05) is 0 Å². The first-order chi connectivity index (χ1) is 9.29. The van der Waals surface area contributed by atoms with Crippen molar-refractivity contribution >= 4 is 21.4 Å². The average Bonchev–Trinajstić information content (AvgIpc) is 2.87. The van der Waals surface area contributed by atoms with E-state index < -0.39 is 14.9 Å². The number of non-ortho nitro benzene ring substituents is 1. The van der Waals surface area contributed by atoms with Crippen LogP contribution in [-0.2, 0) is 10.0 Å². The molecule has 0 spiro atoms. The molecule has 0 unspecified atom stereocenters. The Labute approximate surface area is 118 Å². The molecule has 8 heteroatoms. The van der Waals surface area contributed by atoms with E-state index >= 15 is 0 Å². The van der Waals surface area contributed by atoms with E-state index in [1.807, 2.05) is 11.9 Å². The van der Waals surface area contributed by atoms with Crippen LogP contribution in [0.5, 0.6) is 0 Å². The van der Waals surface area contributed by atoms with Gasteiger partial charge in [0.1, 0.15) is 0 Å². The average molecular weight is 299 g/mol. The van der Waals surface area contributed by atoms with E-state index in [0.717, 1.165) is 12.1 Å². The van der Waals surface area contributed by atoms with Crippen molar-refractivity contribution in [2.45, 2.75) is 12.5 Å². The summed E-state index contributed by atoms with van der Waals surface area (Å²) in [6, 6.07) is 6.36. The van der Waals surface area contributed by atoms with Gasteiger partial charge in [-0.05, 0) is 18.6 Å². The maximum Gasteiger partial charge on any atom is 0.269 e. The molecular formula is C12H17N3O4S. The summed E-state index contributed by atoms with van der Waals surface area (Å²) in [7, 11) is -1.28. The van der Waals surface area contributed by atoms with Crippen molar-refractivity contribution in [2.75, 3.05) is 31.3 Å². The van der Waals surface area contributed by atoms with Crippen molar-refractivity contribution in [3.63, 3.8) is 0 Å². The number of rotatable bonds is 4. The quantitative estimate of drug-likeness (QED) is 0.613. The van der Waals surface area contributed by atoms with Crippen molar-refractivity contribution in [3.05, 3.63) is 34.4 Å². The maximum atomic E-state index is 11.5. The van der Waals surface area contributed by atoms with E-state index in [1.54, 1.807) is 12.1 Å². The van der Waals surface area contributed by atoms with Crippen LogP contribution in [0.3, 0.4) is 0 Å². The number of hydrogen-bond donors (Lipinski definition) is 0. The third kappa shape index (κ3) is 3.07. The van der Waals surface area contributed by atoms with Gasteiger partial charge in [0.2, 0.25) is 10.0 Å². The zero-order valence-electron chi connectivity index (χ0n) is 11.4. The topological polar surface area (TPSA) is 83.8 Å². The fourth-order valence-electron chi connectivity index (χ4n) is 2.35. The summed E-state index contributed by atoms with van der Waals surface area (Å²) in [6.07, 6.45) is 1.96. The number of nitrogens with zero attached hydrogens (tertiary/aromatic N) is 3. The number of hydrogen-bond acceptors (Lipinski definition) is 5. The van der Waals surface area contributed by atoms with Crippen LogP contribution in [-0.4, -0.2) is 50.1 Å². The first-order valence-corrected chi connectivity index (χ1v) is 8.06. The van der Waals surface area contributed by atoms with Gasteiger partial charge in [0.25, 0.3) is 5.69 Å². The van der Waals surface area contributed by atoms with Crippen LogP contribution in [0.25, 0.3) is 0 Å². The normalized spacial score (nSPS) is 20.0. The van der Waals surface area contributed by atoms with E-state index in [1.165, 1.54) is 22.7 Å². The number of nitro benzene ring substituents is 1. The molecule has 0 N–H and O–H groups in total. The molecule has 0 amide bonds. The minimum Gasteiger partial charge on any atom is -0.370 e. The zero-order valence-corrected chi connectivity index (χ0v) is 12.2. The molecule has 1 saturated heterocycles. The number of anilines is 1. The Morgan fingerprint density at radius 2 is 1.95 bits per heavy atom. The molecule has 1 fully saturated rings. The third-order valence-electron chi connectivity index (χ3n) is 3.61. The van der Waals surface area contributed by atoms with Crippen molar-refractivity contribution in [1.29, 1.82) is 0 Å². The van der Waals surface area contributed by atoms with E-state index in [2.05, 4.69) is 0 Å². The van der Waals surface area contributed by atoms with Crippen LogP contribution >= 0.6 is 0 Å². The molecule has 1 aromatic rings. The van der Waals surface area contributed by atoms with Crippen LogP contribution in [0.4, 0.5) is 11.4 Å². The highest BCUT2D eigenvalue weighted by atomic mass is 32.2. The van der Waals surface area contributed by atoms with Crippen LogP contribution in [0.15, 0.2) is 24.3 Å². The Morgan fingerprint density at radius 3 is 2.40 bits per heavy atom. The summed E-state index contributed by atoms with van der Waals surface area (Å²) >= 11 is 0. The lowest BCUT2D eigenvalue weighted by molar-refractivity contribution is -0.384. The SMILES string of the molecule is CN(c1ccc([N+](=O)[O-])cc1)[C@H]1CCN(S(C)(=O)=O)C1. The summed E-state index contributed by atoms with van der Waals surface area (Å²) in [5.74, 6) is 0. The molecule has 1 atom stereocenters. The standard InChI is InChI=1S/C12H17N3O4S/c1-13(10-3-5-11(6-4-10)15(16)17)12-7-8-14(9-12)20(2,18)19/h3-6,12H,7-9H2,1-2H3/t12-/m0/s1. The molecule has 2 rings (SSSR count). The highest BCUT2D eigenvalue weighted by Crippen LogP contribution is 2.24. The van der Waals surface area contributed by atoms with Crippen LogP contribution in [0, 0.1) is 10.1 Å². The van der Waals surface area contributed by atoms with Gasteiger partial charge in [0.15, 0.2) is 0 Å². The van der Waals surface area contributed by atoms with Crippen LogP contribution < -0.4 is 4.90 Å². The van der Waals surface area contributed by atoms with Crippen LogP contribution in [0.1, 0.15) is 6.42 Å². The molecule has 0 bridgehead atoms. The molecule has 0 aliphatic carbocycles. The zero-order chi connectivity index (χ0) is 14.9. The second-order valence-electron chi connectivity index (χ2n) is 4.95. The van der Waals surface area contributed by atoms with Crippen molar-refractivity contribution in [3.8, 4) is 0 Å². The molecule has 0 aromatic heterocycles. The number of sulfonamides is 1. The van der Waals surface area contributed by atoms with Gasteiger partial charge in [-0.2, -0.15) is 0 Å². The molecule has 110 valence electrons. The van der Waals surface area contributed by atoms with Gasteiger partial charge in [0, 0.05) is 44.0 Å². The van der Waals surface area contributed by atoms with Crippen molar-refractivity contribution < 1.29 is 13.3 Å². The highest BCUT2D eigenvalue weighted by molar-refractivity contribution is 7.88. The summed E-state index contributed by atoms with van der Waals surface area (Å²) in [6.45, 7) is 0.965. The fourth-order valence-corrected chi connectivity index (χ4v) is 3.23. The lowest BCUT2D eigenvalue weighted by Gasteiger charge is -2.26. The van der Waals surface area contributed by atoms with Gasteiger partial charge in [-0.3, -0.25) is 10.1 Å². The molecule has 1 heterocycles. The van der Waals surface area contributed by atoms with Gasteiger partial charge in [-0.15, -0.1) is 0 Å². The number of likely N-dealkylation sites (N-methyl/N-ethyl adjacent to an activating group) is 1. The van der Waals surface area contributed by atoms with E-state index in [-0.39, 0.29) is 11.7 Å². The Bertz CT molecular complexity index is 600. The van der Waals surface area contributed by atoms with Crippen molar-refractivity contribution in [2.24, 2.45) is 0 Å². The van der Waals surface area contributed by atoms with Gasteiger partial charge >= 0.3 is 0 Å². The third-order valence-corrected chi connectivity index (χ3v) is 4.88. The minimum atomic E-state index is -3.15. The van der Waals surface area contributed by atoms with Crippen LogP contribution in [0.2, 0.25) is 0 Å². The predicted molar refractivity (Wildman–Crippen MR) is 76.3 cm³/mol. The monoisotopic (exact) mass is 299 g/mol. The molecule has 1 aliphatic heterocycles. The smallest absolute Gasteiger partial charge is 0.269 e. The Balaban J connectivity index is 2.09. The molecule has 0 saturated carbocycles. The van der Waals surface area contributed by atoms with Gasteiger partial charge in [-0.25, -0.2) is 12.7 Å².